The van der Waals surface area contributed by atoms with E-state index in [1.807, 2.05) is 17.0 Å². The van der Waals surface area contributed by atoms with Crippen molar-refractivity contribution in [3.8, 4) is 5.75 Å². The van der Waals surface area contributed by atoms with Crippen LogP contribution in [0.5, 0.6) is 5.75 Å². The summed E-state index contributed by atoms with van der Waals surface area (Å²) in [5, 5.41) is 3.49. The molecule has 0 N–H and O–H groups in total. The monoisotopic (exact) mass is 386 g/mol. The first-order valence-corrected chi connectivity index (χ1v) is 9.12. The van der Waals surface area contributed by atoms with Crippen LogP contribution < -0.4 is 9.64 Å². The van der Waals surface area contributed by atoms with Gasteiger partial charge in [-0.1, -0.05) is 18.0 Å². The van der Waals surface area contributed by atoms with Crippen molar-refractivity contribution in [2.75, 3.05) is 50.8 Å². The van der Waals surface area contributed by atoms with E-state index >= 15 is 0 Å². The van der Waals surface area contributed by atoms with Crippen LogP contribution in [0.3, 0.4) is 0 Å². The molecule has 0 radical (unpaired) electrons. The van der Waals surface area contributed by atoms with Gasteiger partial charge in [0.25, 0.3) is 0 Å². The fourth-order valence-electron chi connectivity index (χ4n) is 2.91. The van der Waals surface area contributed by atoms with Crippen LogP contribution >= 0.6 is 0 Å². The van der Waals surface area contributed by atoms with Gasteiger partial charge < -0.3 is 9.64 Å². The molecule has 0 atom stereocenters. The van der Waals surface area contributed by atoms with Crippen LogP contribution in [0.4, 0.5) is 19.0 Å². The van der Waals surface area contributed by atoms with Gasteiger partial charge in [0, 0.05) is 37.6 Å². The lowest BCUT2D eigenvalue weighted by Gasteiger charge is -2.35. The maximum Gasteiger partial charge on any atom is 0.401 e. The summed E-state index contributed by atoms with van der Waals surface area (Å²) in [5.74, 6) is 1.44. The molecule has 1 saturated heterocycles. The van der Waals surface area contributed by atoms with Gasteiger partial charge in [-0.05, 0) is 30.5 Å². The maximum atomic E-state index is 12.4. The highest BCUT2D eigenvalue weighted by molar-refractivity contribution is 5.41. The summed E-state index contributed by atoms with van der Waals surface area (Å²) in [7, 11) is 0. The highest BCUT2D eigenvalue weighted by Crippen LogP contribution is 2.20. The molecule has 7 nitrogen and oxygen atoms in total. The lowest BCUT2D eigenvalue weighted by Crippen LogP contribution is -2.49. The Bertz CT molecular complexity index is 596. The number of rotatable bonds is 10. The van der Waals surface area contributed by atoms with Crippen molar-refractivity contribution in [1.82, 2.24) is 9.88 Å². The third-order valence-corrected chi connectivity index (χ3v) is 4.30. The minimum Gasteiger partial charge on any atom is -0.492 e. The second-order valence-corrected chi connectivity index (χ2v) is 6.45. The smallest absolute Gasteiger partial charge is 0.401 e. The van der Waals surface area contributed by atoms with Crippen LogP contribution in [0, 0.1) is 0 Å². The molecule has 10 heteroatoms. The van der Waals surface area contributed by atoms with Gasteiger partial charge in [-0.25, -0.2) is 4.98 Å². The first-order chi connectivity index (χ1) is 13.0. The second kappa shape index (κ2) is 10.8. The predicted molar refractivity (Wildman–Crippen MR) is 96.9 cm³/mol. The SMILES string of the molecule is [N-]=[N+]=NCCCCCCOc1ccc(N2CCN(CC(F)(F)F)CC2)nc1. The molecular weight excluding hydrogens is 361 g/mol. The molecule has 2 rings (SSSR count). The van der Waals surface area contributed by atoms with Crippen LogP contribution in [0.15, 0.2) is 23.4 Å². The van der Waals surface area contributed by atoms with Crippen molar-refractivity contribution in [3.63, 3.8) is 0 Å². The Morgan fingerprint density at radius 1 is 1.11 bits per heavy atom. The molecule has 0 unspecified atom stereocenters. The maximum absolute atomic E-state index is 12.4. The summed E-state index contributed by atoms with van der Waals surface area (Å²) >= 11 is 0. The van der Waals surface area contributed by atoms with Gasteiger partial charge in [-0.2, -0.15) is 13.2 Å². The van der Waals surface area contributed by atoms with Crippen LogP contribution in [-0.4, -0.2) is 61.9 Å². The third kappa shape index (κ3) is 8.36. The number of anilines is 1. The summed E-state index contributed by atoms with van der Waals surface area (Å²) < 4.78 is 42.9. The standard InChI is InChI=1S/C17H25F3N6O/c18-17(19,20)14-25-8-10-26(11-9-25)16-6-5-15(13-22-16)27-12-4-2-1-3-7-23-24-21/h5-6,13H,1-4,7-12,14H2. The molecule has 0 amide bonds. The number of pyridine rings is 1. The van der Waals surface area contributed by atoms with Gasteiger partial charge in [-0.15, -0.1) is 0 Å². The number of azide groups is 1. The summed E-state index contributed by atoms with van der Waals surface area (Å²) in [6, 6.07) is 3.68. The van der Waals surface area contributed by atoms with Crippen molar-refractivity contribution in [3.05, 3.63) is 28.8 Å². The fourth-order valence-corrected chi connectivity index (χ4v) is 2.91. The molecule has 1 aromatic rings. The predicted octanol–water partition coefficient (Wildman–Crippen LogP) is 4.02. The van der Waals surface area contributed by atoms with Crippen molar-refractivity contribution >= 4 is 5.82 Å². The van der Waals surface area contributed by atoms with Gasteiger partial charge in [0.2, 0.25) is 0 Å². The largest absolute Gasteiger partial charge is 0.492 e. The lowest BCUT2D eigenvalue weighted by molar-refractivity contribution is -0.146. The van der Waals surface area contributed by atoms with Crippen LogP contribution in [0.25, 0.3) is 10.4 Å². The second-order valence-electron chi connectivity index (χ2n) is 6.45. The molecule has 27 heavy (non-hydrogen) atoms. The molecule has 0 aliphatic carbocycles. The highest BCUT2D eigenvalue weighted by atomic mass is 19.4. The normalized spacial score (nSPS) is 15.4. The Hall–Kier alpha value is -2.19. The van der Waals surface area contributed by atoms with Crippen molar-refractivity contribution < 1.29 is 17.9 Å². The van der Waals surface area contributed by atoms with Gasteiger partial charge in [0.15, 0.2) is 0 Å². The quantitative estimate of drug-likeness (QED) is 0.263. The van der Waals surface area contributed by atoms with E-state index in [1.54, 1.807) is 6.20 Å². The van der Waals surface area contributed by atoms with Gasteiger partial charge in [0.05, 0.1) is 19.3 Å². The fraction of sp³-hybridized carbons (Fsp3) is 0.706. The molecule has 1 aliphatic heterocycles. The van der Waals surface area contributed by atoms with E-state index in [0.29, 0.717) is 45.1 Å². The Morgan fingerprint density at radius 2 is 1.85 bits per heavy atom. The van der Waals surface area contributed by atoms with E-state index in [1.165, 1.54) is 4.90 Å². The zero-order valence-electron chi connectivity index (χ0n) is 15.2. The summed E-state index contributed by atoms with van der Waals surface area (Å²) in [6.45, 7) is 2.08. The molecular formula is C17H25F3N6O. The van der Waals surface area contributed by atoms with Crippen molar-refractivity contribution in [1.29, 1.82) is 0 Å². The van der Waals surface area contributed by atoms with E-state index in [-0.39, 0.29) is 0 Å². The van der Waals surface area contributed by atoms with Gasteiger partial charge in [0.1, 0.15) is 11.6 Å². The molecule has 1 aromatic heterocycles. The van der Waals surface area contributed by atoms with Crippen LogP contribution in [0.2, 0.25) is 0 Å². The number of nitrogens with zero attached hydrogens (tertiary/aromatic N) is 6. The van der Waals surface area contributed by atoms with Crippen LogP contribution in [-0.2, 0) is 0 Å². The van der Waals surface area contributed by atoms with Crippen molar-refractivity contribution in [2.45, 2.75) is 31.9 Å². The molecule has 0 bridgehead atoms. The van der Waals surface area contributed by atoms with Gasteiger partial charge >= 0.3 is 6.18 Å². The first kappa shape index (κ1) is 21.1. The number of alkyl halides is 3. The van der Waals surface area contributed by atoms with E-state index in [9.17, 15) is 13.2 Å². The molecule has 0 spiro atoms. The van der Waals surface area contributed by atoms with Gasteiger partial charge in [-0.3, -0.25) is 4.90 Å². The van der Waals surface area contributed by atoms with E-state index in [0.717, 1.165) is 31.5 Å². The number of unbranched alkanes of at least 4 members (excludes halogenated alkanes) is 3. The minimum absolute atomic E-state index is 0.374. The molecule has 0 saturated carbocycles. The zero-order chi connectivity index (χ0) is 19.5. The van der Waals surface area contributed by atoms with Crippen molar-refractivity contribution in [2.24, 2.45) is 5.11 Å². The topological polar surface area (TPSA) is 77.4 Å². The Balaban J connectivity index is 1.64. The summed E-state index contributed by atoms with van der Waals surface area (Å²) in [4.78, 5) is 10.5. The minimum atomic E-state index is -4.15. The van der Waals surface area contributed by atoms with E-state index in [2.05, 4.69) is 15.0 Å². The Labute approximate surface area is 156 Å². The average molecular weight is 386 g/mol. The molecule has 1 fully saturated rings. The van der Waals surface area contributed by atoms with E-state index < -0.39 is 12.7 Å². The molecule has 1 aliphatic rings. The number of halogens is 3. The molecule has 0 aromatic carbocycles. The lowest BCUT2D eigenvalue weighted by atomic mass is 10.2. The number of hydrogen-bond donors (Lipinski definition) is 0. The summed E-state index contributed by atoms with van der Waals surface area (Å²) in [6.07, 6.45) is 1.31. The third-order valence-electron chi connectivity index (χ3n) is 4.30. The van der Waals surface area contributed by atoms with Crippen LogP contribution in [0.1, 0.15) is 25.7 Å². The molecule has 2 heterocycles. The highest BCUT2D eigenvalue weighted by Gasteiger charge is 2.32. The average Bonchev–Trinajstić information content (AvgIpc) is 2.64. The van der Waals surface area contributed by atoms with E-state index in [4.69, 9.17) is 10.3 Å². The number of aromatic nitrogens is 1. The zero-order valence-corrected chi connectivity index (χ0v) is 15.2. The Morgan fingerprint density at radius 3 is 2.48 bits per heavy atom. The Kier molecular flexibility index (Phi) is 8.47. The number of piperazine rings is 1. The first-order valence-electron chi connectivity index (χ1n) is 9.12. The number of hydrogen-bond acceptors (Lipinski definition) is 5. The summed E-state index contributed by atoms with van der Waals surface area (Å²) in [5.41, 5.74) is 8.17. The molecule has 150 valence electrons. The number of ether oxygens (including phenoxy) is 1.